The van der Waals surface area contributed by atoms with Crippen molar-refractivity contribution in [2.75, 3.05) is 20.8 Å². The van der Waals surface area contributed by atoms with Crippen LogP contribution in [0.15, 0.2) is 0 Å². The van der Waals surface area contributed by atoms with E-state index in [4.69, 9.17) is 14.2 Å². The Morgan fingerprint density at radius 3 is 2.00 bits per heavy atom. The van der Waals surface area contributed by atoms with Crippen molar-refractivity contribution in [3.63, 3.8) is 0 Å². The standard InChI is InChI=1S/C10H18O5/c1-5-7(9(12)15-6-2)8(11)10(13-3)14-4/h7,10H,5-6H2,1-4H3. The van der Waals surface area contributed by atoms with Crippen LogP contribution < -0.4 is 0 Å². The van der Waals surface area contributed by atoms with Crippen LogP contribution in [0, 0.1) is 5.92 Å². The summed E-state index contributed by atoms with van der Waals surface area (Å²) < 4.78 is 14.4. The number of methoxy groups -OCH3 is 2. The SMILES string of the molecule is CCOC(=O)C(CC)C(=O)C(OC)OC. The zero-order valence-corrected chi connectivity index (χ0v) is 9.61. The molecule has 0 aromatic carbocycles. The van der Waals surface area contributed by atoms with Crippen molar-refractivity contribution in [2.24, 2.45) is 5.92 Å². The Labute approximate surface area is 89.7 Å². The molecule has 1 atom stereocenters. The number of rotatable bonds is 7. The van der Waals surface area contributed by atoms with Crippen molar-refractivity contribution < 1.29 is 23.8 Å². The Morgan fingerprint density at radius 2 is 1.67 bits per heavy atom. The van der Waals surface area contributed by atoms with Gasteiger partial charge in [0.2, 0.25) is 12.1 Å². The van der Waals surface area contributed by atoms with Gasteiger partial charge >= 0.3 is 5.97 Å². The van der Waals surface area contributed by atoms with Crippen LogP contribution in [0.1, 0.15) is 20.3 Å². The molecule has 0 spiro atoms. The fraction of sp³-hybridized carbons (Fsp3) is 0.800. The lowest BCUT2D eigenvalue weighted by Crippen LogP contribution is -2.36. The molecule has 0 bridgehead atoms. The van der Waals surface area contributed by atoms with Crippen LogP contribution in [0.25, 0.3) is 0 Å². The Bertz CT molecular complexity index is 210. The molecule has 5 heteroatoms. The van der Waals surface area contributed by atoms with Gasteiger partial charge in [-0.05, 0) is 13.3 Å². The molecule has 0 amide bonds. The van der Waals surface area contributed by atoms with Crippen molar-refractivity contribution in [1.82, 2.24) is 0 Å². The van der Waals surface area contributed by atoms with E-state index in [1.165, 1.54) is 14.2 Å². The van der Waals surface area contributed by atoms with Crippen molar-refractivity contribution in [3.8, 4) is 0 Å². The summed E-state index contributed by atoms with van der Waals surface area (Å²) in [5, 5.41) is 0. The van der Waals surface area contributed by atoms with E-state index in [9.17, 15) is 9.59 Å². The Hall–Kier alpha value is -0.940. The predicted octanol–water partition coefficient (Wildman–Crippen LogP) is 0.764. The van der Waals surface area contributed by atoms with E-state index in [2.05, 4.69) is 0 Å². The zero-order valence-electron chi connectivity index (χ0n) is 9.61. The summed E-state index contributed by atoms with van der Waals surface area (Å²) in [5.74, 6) is -1.74. The van der Waals surface area contributed by atoms with Crippen LogP contribution in [0.5, 0.6) is 0 Å². The summed E-state index contributed by atoms with van der Waals surface area (Å²) in [4.78, 5) is 23.1. The van der Waals surface area contributed by atoms with E-state index >= 15 is 0 Å². The van der Waals surface area contributed by atoms with Crippen LogP contribution in [-0.4, -0.2) is 38.9 Å². The second-order valence-corrected chi connectivity index (χ2v) is 2.92. The fourth-order valence-electron chi connectivity index (χ4n) is 1.22. The Kier molecular flexibility index (Phi) is 6.90. The van der Waals surface area contributed by atoms with Gasteiger partial charge in [0.25, 0.3) is 0 Å². The number of carbonyl (C=O) groups excluding carboxylic acids is 2. The van der Waals surface area contributed by atoms with Gasteiger partial charge in [0.05, 0.1) is 6.61 Å². The minimum absolute atomic E-state index is 0.257. The molecule has 0 aliphatic rings. The lowest BCUT2D eigenvalue weighted by Gasteiger charge is -2.17. The average molecular weight is 218 g/mol. The monoisotopic (exact) mass is 218 g/mol. The number of Topliss-reactive ketones (excluding diaryl/α,β-unsaturated/α-hetero) is 1. The maximum Gasteiger partial charge on any atom is 0.316 e. The van der Waals surface area contributed by atoms with Gasteiger partial charge in [-0.25, -0.2) is 0 Å². The molecule has 0 aromatic heterocycles. The van der Waals surface area contributed by atoms with Crippen molar-refractivity contribution in [1.29, 1.82) is 0 Å². The minimum Gasteiger partial charge on any atom is -0.465 e. The Morgan fingerprint density at radius 1 is 1.13 bits per heavy atom. The summed E-state index contributed by atoms with van der Waals surface area (Å²) in [7, 11) is 2.70. The highest BCUT2D eigenvalue weighted by molar-refractivity contribution is 6.00. The zero-order chi connectivity index (χ0) is 11.8. The molecule has 5 nitrogen and oxygen atoms in total. The summed E-state index contributed by atoms with van der Waals surface area (Å²) in [6, 6.07) is 0. The van der Waals surface area contributed by atoms with Crippen molar-refractivity contribution in [2.45, 2.75) is 26.6 Å². The van der Waals surface area contributed by atoms with Gasteiger partial charge in [-0.15, -0.1) is 0 Å². The van der Waals surface area contributed by atoms with Crippen LogP contribution in [-0.2, 0) is 23.8 Å². The van der Waals surface area contributed by atoms with Crippen LogP contribution in [0.2, 0.25) is 0 Å². The molecule has 0 rings (SSSR count). The van der Waals surface area contributed by atoms with E-state index in [0.717, 1.165) is 0 Å². The minimum atomic E-state index is -1.00. The van der Waals surface area contributed by atoms with Gasteiger partial charge in [-0.1, -0.05) is 6.92 Å². The summed E-state index contributed by atoms with van der Waals surface area (Å²) in [5.41, 5.74) is 0. The number of carbonyl (C=O) groups is 2. The topological polar surface area (TPSA) is 61.8 Å². The maximum atomic E-state index is 11.7. The lowest BCUT2D eigenvalue weighted by molar-refractivity contribution is -0.169. The highest BCUT2D eigenvalue weighted by Crippen LogP contribution is 2.11. The maximum absolute atomic E-state index is 11.7. The van der Waals surface area contributed by atoms with Crippen molar-refractivity contribution in [3.05, 3.63) is 0 Å². The summed E-state index contributed by atoms with van der Waals surface area (Å²) >= 11 is 0. The molecule has 0 radical (unpaired) electrons. The first-order valence-electron chi connectivity index (χ1n) is 4.88. The first-order chi connectivity index (χ1) is 7.12. The molecule has 0 aromatic rings. The smallest absolute Gasteiger partial charge is 0.316 e. The van der Waals surface area contributed by atoms with Gasteiger partial charge in [0.15, 0.2) is 0 Å². The molecule has 0 aliphatic heterocycles. The van der Waals surface area contributed by atoms with Gasteiger partial charge in [-0.3, -0.25) is 9.59 Å². The van der Waals surface area contributed by atoms with Gasteiger partial charge in [0.1, 0.15) is 5.92 Å². The fourth-order valence-corrected chi connectivity index (χ4v) is 1.22. The first-order valence-corrected chi connectivity index (χ1v) is 4.88. The third-order valence-corrected chi connectivity index (χ3v) is 1.98. The number of ether oxygens (including phenoxy) is 3. The quantitative estimate of drug-likeness (QED) is 0.359. The molecule has 0 fully saturated rings. The van der Waals surface area contributed by atoms with E-state index in [1.807, 2.05) is 0 Å². The van der Waals surface area contributed by atoms with Crippen LogP contribution >= 0.6 is 0 Å². The first kappa shape index (κ1) is 14.1. The molecule has 0 N–H and O–H groups in total. The highest BCUT2D eigenvalue weighted by Gasteiger charge is 2.32. The number of hydrogen-bond acceptors (Lipinski definition) is 5. The number of hydrogen-bond donors (Lipinski definition) is 0. The molecule has 0 saturated heterocycles. The normalized spacial score (nSPS) is 12.6. The molecule has 88 valence electrons. The third kappa shape index (κ3) is 3.97. The second-order valence-electron chi connectivity index (χ2n) is 2.92. The number of ketones is 1. The van der Waals surface area contributed by atoms with Crippen LogP contribution in [0.3, 0.4) is 0 Å². The average Bonchev–Trinajstić information content (AvgIpc) is 2.21. The van der Waals surface area contributed by atoms with Gasteiger partial charge < -0.3 is 14.2 Å². The molecule has 0 aliphatic carbocycles. The van der Waals surface area contributed by atoms with Gasteiger partial charge in [-0.2, -0.15) is 0 Å². The summed E-state index contributed by atoms with van der Waals surface area (Å²) in [6.07, 6.45) is -0.625. The molecule has 15 heavy (non-hydrogen) atoms. The Balaban J connectivity index is 4.51. The predicted molar refractivity (Wildman–Crippen MR) is 53.2 cm³/mol. The van der Waals surface area contributed by atoms with Crippen molar-refractivity contribution >= 4 is 11.8 Å². The summed E-state index contributed by atoms with van der Waals surface area (Å²) in [6.45, 7) is 3.69. The molecular weight excluding hydrogens is 200 g/mol. The van der Waals surface area contributed by atoms with E-state index in [1.54, 1.807) is 13.8 Å². The van der Waals surface area contributed by atoms with E-state index < -0.39 is 24.0 Å². The molecule has 0 saturated carbocycles. The third-order valence-electron chi connectivity index (χ3n) is 1.98. The molecule has 1 unspecified atom stereocenters. The van der Waals surface area contributed by atoms with Crippen LogP contribution in [0.4, 0.5) is 0 Å². The molecule has 0 heterocycles. The van der Waals surface area contributed by atoms with Gasteiger partial charge in [0, 0.05) is 14.2 Å². The molecular formula is C10H18O5. The highest BCUT2D eigenvalue weighted by atomic mass is 16.7. The largest absolute Gasteiger partial charge is 0.465 e. The second kappa shape index (κ2) is 7.36. The van der Waals surface area contributed by atoms with E-state index in [0.29, 0.717) is 6.42 Å². The lowest BCUT2D eigenvalue weighted by atomic mass is 10.0. The number of esters is 1. The van der Waals surface area contributed by atoms with E-state index in [-0.39, 0.29) is 6.61 Å².